The van der Waals surface area contributed by atoms with Gasteiger partial charge in [0.15, 0.2) is 11.6 Å². The highest BCUT2D eigenvalue weighted by molar-refractivity contribution is 7.22. The number of thiophene rings is 4. The maximum atomic E-state index is 14.4. The van der Waals surface area contributed by atoms with Crippen LogP contribution in [0.3, 0.4) is 0 Å². The summed E-state index contributed by atoms with van der Waals surface area (Å²) in [6.45, 7) is 30.1. The van der Waals surface area contributed by atoms with E-state index < -0.39 is 0 Å². The van der Waals surface area contributed by atoms with Crippen molar-refractivity contribution in [2.24, 2.45) is 21.7 Å². The summed E-state index contributed by atoms with van der Waals surface area (Å²) in [5, 5.41) is 2.46. The zero-order valence-corrected chi connectivity index (χ0v) is 49.7. The van der Waals surface area contributed by atoms with Crippen LogP contribution in [-0.2, 0) is 9.59 Å². The van der Waals surface area contributed by atoms with Gasteiger partial charge in [-0.1, -0.05) is 179 Å². The maximum Gasteiger partial charge on any atom is 0.186 e. The van der Waals surface area contributed by atoms with Gasteiger partial charge in [-0.2, -0.15) is 0 Å². The quantitative estimate of drug-likeness (QED) is 0.152. The Hall–Kier alpha value is -6.28. The molecule has 6 heteroatoms. The predicted octanol–water partition coefficient (Wildman–Crippen LogP) is 21.0. The third kappa shape index (κ3) is 10.3. The highest BCUT2D eigenvalue weighted by atomic mass is 32.1. The highest BCUT2D eigenvalue weighted by Gasteiger charge is 2.37. The third-order valence-electron chi connectivity index (χ3n) is 14.5. The molecule has 2 aliphatic rings. The number of hydrogen-bond acceptors (Lipinski definition) is 6. The van der Waals surface area contributed by atoms with Crippen molar-refractivity contribution in [3.63, 3.8) is 0 Å². The summed E-state index contributed by atoms with van der Waals surface area (Å²) in [6.07, 6.45) is 13.3. The van der Waals surface area contributed by atoms with Crippen molar-refractivity contribution in [3.05, 3.63) is 219 Å². The molecule has 0 aliphatic heterocycles. The lowest BCUT2D eigenvalue weighted by Gasteiger charge is -2.32. The van der Waals surface area contributed by atoms with Crippen LogP contribution in [0.1, 0.15) is 123 Å². The van der Waals surface area contributed by atoms with Crippen LogP contribution in [0.15, 0.2) is 179 Å². The molecule has 0 atom stereocenters. The SMILES string of the molecule is Cc1ccc(-c2c(C(=C3C=C(C(C)(C)C)C(=O)C(C(C)(C)C)=C3)c3ccc(C=Cc4ccc(C(=C5C=C(C(C)(C)C)C(=O)C(C(C)(C)C)=C5)c5sc6ccccc6c5-c5ccc(C)cc5)s4)s3)sc3ccccc23)cc1. The number of ketones is 2. The van der Waals surface area contributed by atoms with Crippen LogP contribution in [0, 0.1) is 35.5 Å². The lowest BCUT2D eigenvalue weighted by molar-refractivity contribution is -0.114. The standard InChI is InChI=1S/C70H68O2S4/c1-41-23-27-43(28-24-41)59-49-19-15-17-21-55(49)75-65(59)61(45-37-51(67(3,4)5)63(71)52(38-45)68(6,7)8)57-35-33-47(73-57)31-32-48-34-36-58(74-48)62(46-39-53(69(9,10)11)64(72)54(40-46)70(12,13)14)66-60(44-29-25-42(2)26-30-44)50-20-16-18-22-56(50)76-66/h15-40H,1-14H3. The van der Waals surface area contributed by atoms with Crippen LogP contribution in [0.4, 0.5) is 0 Å². The molecule has 0 saturated carbocycles. The Labute approximate surface area is 467 Å². The fourth-order valence-corrected chi connectivity index (χ4v) is 15.0. The summed E-state index contributed by atoms with van der Waals surface area (Å²) in [7, 11) is 0. The van der Waals surface area contributed by atoms with Gasteiger partial charge in [0.2, 0.25) is 0 Å². The summed E-state index contributed by atoms with van der Waals surface area (Å²) in [6, 6.07) is 44.4. The molecule has 2 nitrogen and oxygen atoms in total. The average molecular weight is 1070 g/mol. The molecule has 0 bridgehead atoms. The normalized spacial score (nSPS) is 15.0. The lowest BCUT2D eigenvalue weighted by Crippen LogP contribution is -2.28. The molecular weight excluding hydrogens is 1000 g/mol. The van der Waals surface area contributed by atoms with Gasteiger partial charge in [0.25, 0.3) is 0 Å². The van der Waals surface area contributed by atoms with Crippen molar-refractivity contribution in [3.8, 4) is 22.3 Å². The highest BCUT2D eigenvalue weighted by Crippen LogP contribution is 2.52. The minimum atomic E-state index is -0.360. The number of benzene rings is 4. The second-order valence-electron chi connectivity index (χ2n) is 24.6. The average Bonchev–Trinajstić information content (AvgIpc) is 4.17. The number of carbonyl (C=O) groups is 2. The van der Waals surface area contributed by atoms with E-state index in [1.54, 1.807) is 22.7 Å². The zero-order valence-electron chi connectivity index (χ0n) is 46.5. The summed E-state index contributed by atoms with van der Waals surface area (Å²) in [4.78, 5) is 35.8. The van der Waals surface area contributed by atoms with Gasteiger partial charge >= 0.3 is 0 Å². The molecule has 0 N–H and O–H groups in total. The van der Waals surface area contributed by atoms with Crippen molar-refractivity contribution in [1.82, 2.24) is 0 Å². The Bertz CT molecular complexity index is 3530. The maximum absolute atomic E-state index is 14.4. The van der Waals surface area contributed by atoms with Crippen molar-refractivity contribution in [1.29, 1.82) is 0 Å². The van der Waals surface area contributed by atoms with Crippen LogP contribution in [-0.4, -0.2) is 11.6 Å². The van der Waals surface area contributed by atoms with Gasteiger partial charge in [-0.15, -0.1) is 45.3 Å². The molecule has 4 aromatic carbocycles. The van der Waals surface area contributed by atoms with Crippen LogP contribution >= 0.6 is 45.3 Å². The Morgan fingerprint density at radius 3 is 1.01 bits per heavy atom. The third-order valence-corrected chi connectivity index (χ3v) is 19.0. The van der Waals surface area contributed by atoms with E-state index in [1.807, 2.05) is 22.7 Å². The topological polar surface area (TPSA) is 34.1 Å². The largest absolute Gasteiger partial charge is 0.289 e. The van der Waals surface area contributed by atoms with Crippen LogP contribution in [0.25, 0.3) is 65.7 Å². The van der Waals surface area contributed by atoms with Gasteiger partial charge < -0.3 is 0 Å². The number of fused-ring (bicyclic) bond motifs is 2. The second-order valence-corrected chi connectivity index (χ2v) is 29.0. The molecule has 76 heavy (non-hydrogen) atoms. The number of Topliss-reactive ketones (excluding diaryl/α,β-unsaturated/α-hetero) is 2. The number of aryl methyl sites for hydroxylation is 2. The monoisotopic (exact) mass is 1070 g/mol. The van der Waals surface area contributed by atoms with Crippen molar-refractivity contribution in [2.75, 3.05) is 0 Å². The summed E-state index contributed by atoms with van der Waals surface area (Å²) < 4.78 is 2.46. The van der Waals surface area contributed by atoms with E-state index in [-0.39, 0.29) is 33.2 Å². The fourth-order valence-electron chi connectivity index (χ4n) is 10.3. The van der Waals surface area contributed by atoms with Gasteiger partial charge in [-0.05, 0) is 131 Å². The fraction of sp³-hybridized carbons (Fsp3) is 0.257. The molecule has 0 saturated heterocycles. The molecule has 4 heterocycles. The Morgan fingerprint density at radius 2 is 0.697 bits per heavy atom. The van der Waals surface area contributed by atoms with E-state index in [2.05, 4.69) is 255 Å². The second kappa shape index (κ2) is 19.9. The van der Waals surface area contributed by atoms with E-state index in [4.69, 9.17) is 0 Å². The number of carbonyl (C=O) groups excluding carboxylic acids is 2. The molecule has 2 aliphatic carbocycles. The van der Waals surface area contributed by atoms with E-state index >= 15 is 0 Å². The van der Waals surface area contributed by atoms with Crippen molar-refractivity contribution >= 4 is 100 Å². The molecule has 0 amide bonds. The Morgan fingerprint density at radius 1 is 0.382 bits per heavy atom. The van der Waals surface area contributed by atoms with E-state index in [0.717, 1.165) is 64.1 Å². The van der Waals surface area contributed by atoms with Crippen LogP contribution in [0.2, 0.25) is 0 Å². The van der Waals surface area contributed by atoms with Gasteiger partial charge in [0.1, 0.15) is 0 Å². The van der Waals surface area contributed by atoms with E-state index in [1.165, 1.54) is 63.3 Å². The van der Waals surface area contributed by atoms with Gasteiger partial charge in [-0.3, -0.25) is 9.59 Å². The van der Waals surface area contributed by atoms with Gasteiger partial charge in [0, 0.05) is 94.0 Å². The summed E-state index contributed by atoms with van der Waals surface area (Å²) in [5.41, 5.74) is 13.6. The van der Waals surface area contributed by atoms with Gasteiger partial charge in [0.05, 0.1) is 0 Å². The van der Waals surface area contributed by atoms with Crippen molar-refractivity contribution < 1.29 is 9.59 Å². The molecule has 4 aromatic heterocycles. The van der Waals surface area contributed by atoms with E-state index in [9.17, 15) is 9.59 Å². The smallest absolute Gasteiger partial charge is 0.186 e. The van der Waals surface area contributed by atoms with E-state index in [0.29, 0.717) is 0 Å². The minimum absolute atomic E-state index is 0.133. The number of allylic oxidation sites excluding steroid dienone is 10. The Balaban J connectivity index is 1.15. The lowest BCUT2D eigenvalue weighted by atomic mass is 9.71. The summed E-state index contributed by atoms with van der Waals surface area (Å²) in [5.74, 6) is 0.267. The number of rotatable bonds is 8. The molecule has 8 aromatic rings. The minimum Gasteiger partial charge on any atom is -0.289 e. The first kappa shape index (κ1) is 53.1. The first-order valence-electron chi connectivity index (χ1n) is 26.4. The first-order chi connectivity index (χ1) is 35.8. The zero-order chi connectivity index (χ0) is 54.2. The number of hydrogen-bond donors (Lipinski definition) is 0. The molecule has 0 unspecified atom stereocenters. The molecule has 10 rings (SSSR count). The molecule has 0 radical (unpaired) electrons. The first-order valence-corrected chi connectivity index (χ1v) is 29.6. The van der Waals surface area contributed by atoms with Crippen LogP contribution < -0.4 is 0 Å². The van der Waals surface area contributed by atoms with Crippen LogP contribution in [0.5, 0.6) is 0 Å². The molecule has 0 fully saturated rings. The van der Waals surface area contributed by atoms with Gasteiger partial charge in [-0.25, -0.2) is 0 Å². The molecular formula is C70H68O2S4. The molecule has 0 spiro atoms. The Kier molecular flexibility index (Phi) is 13.9. The van der Waals surface area contributed by atoms with Crippen molar-refractivity contribution in [2.45, 2.75) is 96.9 Å². The molecule has 384 valence electrons. The summed E-state index contributed by atoms with van der Waals surface area (Å²) >= 11 is 7.25. The predicted molar refractivity (Wildman–Crippen MR) is 334 cm³/mol.